The van der Waals surface area contributed by atoms with Gasteiger partial charge >= 0.3 is 11.9 Å². The quantitative estimate of drug-likeness (QED) is 0.0384. The van der Waals surface area contributed by atoms with Gasteiger partial charge in [0.2, 0.25) is 0 Å². The summed E-state index contributed by atoms with van der Waals surface area (Å²) in [6.45, 7) is 3.86. The summed E-state index contributed by atoms with van der Waals surface area (Å²) < 4.78 is 10.6. The van der Waals surface area contributed by atoms with Gasteiger partial charge in [0.25, 0.3) is 0 Å². The summed E-state index contributed by atoms with van der Waals surface area (Å²) in [7, 11) is 0. The van der Waals surface area contributed by atoms with E-state index in [9.17, 15) is 14.7 Å². The number of aliphatic hydroxyl groups excluding tert-OH is 1. The van der Waals surface area contributed by atoms with Crippen LogP contribution in [0.1, 0.15) is 168 Å². The third-order valence-corrected chi connectivity index (χ3v) is 8.75. The number of allylic oxidation sites excluding steroid dienone is 20. The number of ether oxygens (including phenoxy) is 2. The minimum atomic E-state index is -0.799. The molecular weight excluding hydrogens is 693 g/mol. The van der Waals surface area contributed by atoms with Crippen molar-refractivity contribution in [1.29, 1.82) is 0 Å². The van der Waals surface area contributed by atoms with Crippen LogP contribution in [0.15, 0.2) is 122 Å². The monoisotopic (exact) mass is 773 g/mol. The SMILES string of the molecule is CC/C=C\C/C=C\C/C=C\C/C=C\C/C=C\C/C=C\C/C=C\CCCCCCCC(=O)OC(CO)COC(=O)CCCCCCC/C=C\C/C=C\C/C=C\CC. The first-order valence-electron chi connectivity index (χ1n) is 22.1. The Morgan fingerprint density at radius 2 is 0.714 bits per heavy atom. The van der Waals surface area contributed by atoms with Gasteiger partial charge in [0.05, 0.1) is 6.61 Å². The first-order valence-corrected chi connectivity index (χ1v) is 22.1. The maximum Gasteiger partial charge on any atom is 0.306 e. The van der Waals surface area contributed by atoms with Gasteiger partial charge in [-0.05, 0) is 103 Å². The van der Waals surface area contributed by atoms with Crippen LogP contribution in [0.3, 0.4) is 0 Å². The molecule has 1 unspecified atom stereocenters. The van der Waals surface area contributed by atoms with Crippen molar-refractivity contribution in [3.63, 3.8) is 0 Å². The molecule has 5 heteroatoms. The minimum Gasteiger partial charge on any atom is -0.462 e. The number of unbranched alkanes of at least 4 members (excludes halogenated alkanes) is 10. The topological polar surface area (TPSA) is 72.8 Å². The molecular formula is C51H80O5. The molecule has 0 aliphatic heterocycles. The predicted octanol–water partition coefficient (Wildman–Crippen LogP) is 14.4. The molecule has 0 fully saturated rings. The van der Waals surface area contributed by atoms with Crippen molar-refractivity contribution in [3.8, 4) is 0 Å². The molecule has 0 aromatic heterocycles. The molecule has 5 nitrogen and oxygen atoms in total. The Bertz CT molecular complexity index is 1190. The molecule has 0 aliphatic rings. The molecule has 56 heavy (non-hydrogen) atoms. The lowest BCUT2D eigenvalue weighted by Gasteiger charge is -2.15. The molecule has 0 saturated heterocycles. The molecule has 0 rings (SSSR count). The molecule has 0 aliphatic carbocycles. The average molecular weight is 773 g/mol. The van der Waals surface area contributed by atoms with Gasteiger partial charge in [-0.25, -0.2) is 0 Å². The minimum absolute atomic E-state index is 0.0916. The van der Waals surface area contributed by atoms with Crippen molar-refractivity contribution in [2.24, 2.45) is 0 Å². The van der Waals surface area contributed by atoms with Gasteiger partial charge in [0.1, 0.15) is 6.61 Å². The van der Waals surface area contributed by atoms with E-state index in [2.05, 4.69) is 135 Å². The highest BCUT2D eigenvalue weighted by molar-refractivity contribution is 5.70. The number of aliphatic hydroxyl groups is 1. The maximum absolute atomic E-state index is 12.2. The molecule has 0 heterocycles. The molecule has 1 N–H and O–H groups in total. The van der Waals surface area contributed by atoms with Crippen LogP contribution < -0.4 is 0 Å². The summed E-state index contributed by atoms with van der Waals surface area (Å²) in [4.78, 5) is 24.3. The molecule has 0 bridgehead atoms. The largest absolute Gasteiger partial charge is 0.462 e. The molecule has 0 spiro atoms. The van der Waals surface area contributed by atoms with Gasteiger partial charge in [-0.2, -0.15) is 0 Å². The lowest BCUT2D eigenvalue weighted by molar-refractivity contribution is -0.161. The molecule has 0 saturated carbocycles. The third kappa shape index (κ3) is 43.0. The van der Waals surface area contributed by atoms with E-state index < -0.39 is 6.10 Å². The summed E-state index contributed by atoms with van der Waals surface area (Å²) in [6, 6.07) is 0. The standard InChI is InChI=1S/C51H80O5/c1-3-5-7-9-11-13-15-17-19-20-21-22-23-24-25-26-27-28-29-30-32-34-36-38-40-42-44-46-51(54)56-49(47-52)48-55-50(53)45-43-41-39-37-35-33-31-18-16-14-12-10-8-6-4-2/h5-8,11-14,17-19,21-22,24-25,27-28,30-32,49,52H,3-4,9-10,15-16,20,23,26,29,33-48H2,1-2H3/b7-5-,8-6-,13-11-,14-12-,19-17-,22-21-,25-24-,28-27-,31-18-,32-30-. The lowest BCUT2D eigenvalue weighted by Crippen LogP contribution is -2.28. The number of carbonyl (C=O) groups is 2. The molecule has 0 amide bonds. The Morgan fingerprint density at radius 1 is 0.411 bits per heavy atom. The molecule has 314 valence electrons. The van der Waals surface area contributed by atoms with E-state index in [0.29, 0.717) is 12.8 Å². The zero-order valence-electron chi connectivity index (χ0n) is 35.6. The van der Waals surface area contributed by atoms with E-state index in [-0.39, 0.29) is 25.2 Å². The second kappa shape index (κ2) is 45.7. The number of hydrogen-bond donors (Lipinski definition) is 1. The van der Waals surface area contributed by atoms with Crippen molar-refractivity contribution in [2.45, 2.75) is 174 Å². The van der Waals surface area contributed by atoms with Crippen molar-refractivity contribution in [3.05, 3.63) is 122 Å². The number of esters is 2. The van der Waals surface area contributed by atoms with E-state index in [1.165, 1.54) is 0 Å². The summed E-state index contributed by atoms with van der Waals surface area (Å²) in [5, 5.41) is 9.58. The van der Waals surface area contributed by atoms with Crippen LogP contribution in [0.5, 0.6) is 0 Å². The number of carbonyl (C=O) groups excluding carboxylic acids is 2. The average Bonchev–Trinajstić information content (AvgIpc) is 3.20. The van der Waals surface area contributed by atoms with Gasteiger partial charge in [-0.3, -0.25) is 9.59 Å². The Labute approximate surface area is 343 Å². The summed E-state index contributed by atoms with van der Waals surface area (Å²) in [5.41, 5.74) is 0. The normalized spacial score (nSPS) is 13.4. The van der Waals surface area contributed by atoms with Crippen molar-refractivity contribution >= 4 is 11.9 Å². The summed E-state index contributed by atoms with van der Waals surface area (Å²) in [5.74, 6) is -0.646. The number of hydrogen-bond acceptors (Lipinski definition) is 5. The highest BCUT2D eigenvalue weighted by atomic mass is 16.6. The fourth-order valence-electron chi connectivity index (χ4n) is 5.49. The van der Waals surface area contributed by atoms with Crippen LogP contribution >= 0.6 is 0 Å². The molecule has 0 aromatic rings. The van der Waals surface area contributed by atoms with Gasteiger partial charge in [0, 0.05) is 12.8 Å². The fourth-order valence-corrected chi connectivity index (χ4v) is 5.49. The molecule has 0 radical (unpaired) electrons. The second-order valence-corrected chi connectivity index (χ2v) is 14.0. The summed E-state index contributed by atoms with van der Waals surface area (Å²) in [6.07, 6.45) is 66.9. The lowest BCUT2D eigenvalue weighted by atomic mass is 10.1. The van der Waals surface area contributed by atoms with E-state index in [1.807, 2.05) is 0 Å². The first-order chi connectivity index (χ1) is 27.6. The van der Waals surface area contributed by atoms with Crippen LogP contribution in [-0.4, -0.2) is 36.4 Å². The van der Waals surface area contributed by atoms with Crippen LogP contribution in [0.4, 0.5) is 0 Å². The van der Waals surface area contributed by atoms with E-state index >= 15 is 0 Å². The molecule has 1 atom stereocenters. The highest BCUT2D eigenvalue weighted by Gasteiger charge is 2.16. The van der Waals surface area contributed by atoms with Crippen LogP contribution in [0.25, 0.3) is 0 Å². The Hall–Kier alpha value is -3.70. The summed E-state index contributed by atoms with van der Waals surface area (Å²) >= 11 is 0. The zero-order valence-corrected chi connectivity index (χ0v) is 35.6. The van der Waals surface area contributed by atoms with Crippen LogP contribution in [0, 0.1) is 0 Å². The smallest absolute Gasteiger partial charge is 0.306 e. The van der Waals surface area contributed by atoms with Crippen LogP contribution in [-0.2, 0) is 19.1 Å². The van der Waals surface area contributed by atoms with Crippen molar-refractivity contribution in [2.75, 3.05) is 13.2 Å². The van der Waals surface area contributed by atoms with Crippen LogP contribution in [0.2, 0.25) is 0 Å². The highest BCUT2D eigenvalue weighted by Crippen LogP contribution is 2.11. The van der Waals surface area contributed by atoms with E-state index in [0.717, 1.165) is 141 Å². The van der Waals surface area contributed by atoms with Gasteiger partial charge in [-0.15, -0.1) is 0 Å². The second-order valence-electron chi connectivity index (χ2n) is 14.0. The Kier molecular flexibility index (Phi) is 42.7. The Morgan fingerprint density at radius 3 is 1.07 bits per heavy atom. The Balaban J connectivity index is 3.68. The molecule has 0 aromatic carbocycles. The third-order valence-electron chi connectivity index (χ3n) is 8.75. The van der Waals surface area contributed by atoms with Gasteiger partial charge in [0.15, 0.2) is 6.10 Å². The van der Waals surface area contributed by atoms with Crippen molar-refractivity contribution in [1.82, 2.24) is 0 Å². The van der Waals surface area contributed by atoms with Gasteiger partial charge < -0.3 is 14.6 Å². The number of rotatable bonds is 38. The fraction of sp³-hybridized carbons (Fsp3) is 0.569. The predicted molar refractivity (Wildman–Crippen MR) is 241 cm³/mol. The van der Waals surface area contributed by atoms with E-state index in [1.54, 1.807) is 0 Å². The zero-order chi connectivity index (χ0) is 40.7. The van der Waals surface area contributed by atoms with Gasteiger partial charge in [-0.1, -0.05) is 174 Å². The maximum atomic E-state index is 12.2. The van der Waals surface area contributed by atoms with Crippen molar-refractivity contribution < 1.29 is 24.2 Å². The van der Waals surface area contributed by atoms with E-state index in [4.69, 9.17) is 9.47 Å². The first kappa shape index (κ1) is 52.3.